The number of fused-ring (bicyclic) bond motifs is 4. The van der Waals surface area contributed by atoms with Crippen LogP contribution in [0, 0.1) is 11.6 Å². The summed E-state index contributed by atoms with van der Waals surface area (Å²) in [6.45, 7) is 3.64. The Bertz CT molecular complexity index is 1820. The highest BCUT2D eigenvalue weighted by Crippen LogP contribution is 2.50. The van der Waals surface area contributed by atoms with Gasteiger partial charge in [0.05, 0.1) is 16.8 Å². The van der Waals surface area contributed by atoms with Gasteiger partial charge >= 0.3 is 5.97 Å². The molecule has 0 bridgehead atoms. The number of rotatable bonds is 7. The van der Waals surface area contributed by atoms with Crippen molar-refractivity contribution in [2.24, 2.45) is 0 Å². The van der Waals surface area contributed by atoms with E-state index in [1.165, 1.54) is 16.9 Å². The van der Waals surface area contributed by atoms with Crippen LogP contribution in [0.1, 0.15) is 35.0 Å². The highest BCUT2D eigenvalue weighted by molar-refractivity contribution is 5.98. The van der Waals surface area contributed by atoms with Crippen molar-refractivity contribution in [3.8, 4) is 22.3 Å². The SMILES string of the molecule is CCNn1cc(C(=O)O)c(=O)c2cc(-c3cnc4c(c3N3CC[C@@H](N(C)C)C3)-c3c(F)c(F)cc(NC)c3C4)cnc21. The Morgan fingerprint density at radius 2 is 1.98 bits per heavy atom. The second-order valence-electron chi connectivity index (χ2n) is 10.8. The Hall–Kier alpha value is -4.58. The van der Waals surface area contributed by atoms with Gasteiger partial charge in [-0.3, -0.25) is 9.78 Å². The van der Waals surface area contributed by atoms with Gasteiger partial charge in [0.2, 0.25) is 5.43 Å². The molecule has 0 radical (unpaired) electrons. The van der Waals surface area contributed by atoms with E-state index in [1.807, 2.05) is 21.0 Å². The first kappa shape index (κ1) is 27.6. The average Bonchev–Trinajstić information content (AvgIpc) is 3.62. The molecule has 6 rings (SSSR count). The predicted octanol–water partition coefficient (Wildman–Crippen LogP) is 3.75. The smallest absolute Gasteiger partial charge is 0.341 e. The molecule has 4 heterocycles. The van der Waals surface area contributed by atoms with Gasteiger partial charge in [0.25, 0.3) is 0 Å². The number of benzene rings is 1. The van der Waals surface area contributed by atoms with Crippen molar-refractivity contribution in [3.05, 3.63) is 69.4 Å². The van der Waals surface area contributed by atoms with Gasteiger partial charge in [0.15, 0.2) is 17.3 Å². The largest absolute Gasteiger partial charge is 0.477 e. The summed E-state index contributed by atoms with van der Waals surface area (Å²) in [4.78, 5) is 38.7. The van der Waals surface area contributed by atoms with Crippen LogP contribution in [0.2, 0.25) is 0 Å². The zero-order valence-electron chi connectivity index (χ0n) is 23.8. The van der Waals surface area contributed by atoms with E-state index in [0.717, 1.165) is 6.42 Å². The number of nitrogens with one attached hydrogen (secondary N) is 2. The summed E-state index contributed by atoms with van der Waals surface area (Å²) in [5, 5.41) is 12.8. The summed E-state index contributed by atoms with van der Waals surface area (Å²) in [6.07, 6.45) is 5.71. The van der Waals surface area contributed by atoms with Crippen molar-refractivity contribution in [1.82, 2.24) is 19.5 Å². The lowest BCUT2D eigenvalue weighted by atomic mass is 9.97. The summed E-state index contributed by atoms with van der Waals surface area (Å²) < 4.78 is 31.9. The first-order valence-electron chi connectivity index (χ1n) is 13.8. The van der Waals surface area contributed by atoms with Crippen molar-refractivity contribution in [3.63, 3.8) is 0 Å². The lowest BCUT2D eigenvalue weighted by Crippen LogP contribution is -2.31. The van der Waals surface area contributed by atoms with E-state index in [-0.39, 0.29) is 22.6 Å². The Labute approximate surface area is 240 Å². The summed E-state index contributed by atoms with van der Waals surface area (Å²) in [5.74, 6) is -3.23. The maximum Gasteiger partial charge on any atom is 0.341 e. The molecule has 1 atom stereocenters. The third-order valence-corrected chi connectivity index (χ3v) is 8.24. The molecule has 0 unspecified atom stereocenters. The third kappa shape index (κ3) is 4.25. The van der Waals surface area contributed by atoms with Crippen LogP contribution < -0.4 is 21.1 Å². The quantitative estimate of drug-likeness (QED) is 0.267. The highest BCUT2D eigenvalue weighted by atomic mass is 19.2. The number of carboxylic acids is 1. The lowest BCUT2D eigenvalue weighted by Gasteiger charge is -2.27. The third-order valence-electron chi connectivity index (χ3n) is 8.24. The van der Waals surface area contributed by atoms with E-state index >= 15 is 4.39 Å². The number of pyridine rings is 3. The Kier molecular flexibility index (Phi) is 6.80. The van der Waals surface area contributed by atoms with Crippen molar-refractivity contribution >= 4 is 28.4 Å². The number of carbonyl (C=O) groups is 1. The van der Waals surface area contributed by atoms with Crippen LogP contribution in [0.5, 0.6) is 0 Å². The first-order chi connectivity index (χ1) is 20.1. The molecule has 4 aromatic rings. The van der Waals surface area contributed by atoms with Crippen LogP contribution in [-0.2, 0) is 6.42 Å². The van der Waals surface area contributed by atoms with Crippen molar-refractivity contribution in [2.75, 3.05) is 56.4 Å². The minimum Gasteiger partial charge on any atom is -0.477 e. The molecule has 0 amide bonds. The molecule has 1 fully saturated rings. The highest BCUT2D eigenvalue weighted by Gasteiger charge is 2.36. The van der Waals surface area contributed by atoms with Gasteiger partial charge in [-0.2, -0.15) is 0 Å². The standard InChI is InChI=1S/C30H31F2N7O3/c1-5-36-39-14-20(30(41)42)28(40)18-8-15(11-35-29(18)39)19-12-34-23-9-17-22(33-2)10-21(31)26(32)24(17)25(23)27(19)38-7-6-16(13-38)37(3)4/h8,10-12,14,16,33,36H,5-7,9,13H2,1-4H3,(H,41,42)/t16-/m1/s1. The van der Waals surface area contributed by atoms with Gasteiger partial charge in [-0.1, -0.05) is 0 Å². The molecule has 1 saturated heterocycles. The monoisotopic (exact) mass is 575 g/mol. The van der Waals surface area contributed by atoms with Gasteiger partial charge in [-0.05, 0) is 39.1 Å². The van der Waals surface area contributed by atoms with Crippen LogP contribution in [0.15, 0.2) is 35.5 Å². The van der Waals surface area contributed by atoms with E-state index in [2.05, 4.69) is 25.5 Å². The molecular weight excluding hydrogens is 544 g/mol. The molecule has 12 heteroatoms. The lowest BCUT2D eigenvalue weighted by molar-refractivity contribution is 0.0695. The molecule has 218 valence electrons. The van der Waals surface area contributed by atoms with Crippen LogP contribution in [0.4, 0.5) is 20.2 Å². The van der Waals surface area contributed by atoms with Gasteiger partial charge in [-0.15, -0.1) is 0 Å². The molecule has 2 aliphatic rings. The van der Waals surface area contributed by atoms with Gasteiger partial charge < -0.3 is 25.6 Å². The Morgan fingerprint density at radius 3 is 2.64 bits per heavy atom. The van der Waals surface area contributed by atoms with Crippen LogP contribution in [0.3, 0.4) is 0 Å². The fourth-order valence-electron chi connectivity index (χ4n) is 6.14. The fourth-order valence-corrected chi connectivity index (χ4v) is 6.14. The van der Waals surface area contributed by atoms with Crippen molar-refractivity contribution in [2.45, 2.75) is 25.8 Å². The van der Waals surface area contributed by atoms with Crippen molar-refractivity contribution < 1.29 is 18.7 Å². The van der Waals surface area contributed by atoms with Gasteiger partial charge in [-0.25, -0.2) is 23.2 Å². The molecule has 1 aromatic carbocycles. The van der Waals surface area contributed by atoms with Crippen LogP contribution in [0.25, 0.3) is 33.3 Å². The number of carboxylic acid groups (broad SMARTS) is 1. The molecule has 3 aromatic heterocycles. The first-order valence-corrected chi connectivity index (χ1v) is 13.8. The van der Waals surface area contributed by atoms with Crippen LogP contribution >= 0.6 is 0 Å². The Morgan fingerprint density at radius 1 is 1.19 bits per heavy atom. The zero-order valence-corrected chi connectivity index (χ0v) is 23.8. The summed E-state index contributed by atoms with van der Waals surface area (Å²) in [5.41, 5.74) is 6.52. The second-order valence-corrected chi connectivity index (χ2v) is 10.8. The maximum atomic E-state index is 15.6. The maximum absolute atomic E-state index is 15.6. The van der Waals surface area contributed by atoms with Gasteiger partial charge in [0, 0.05) is 91.7 Å². The molecular formula is C30H31F2N7O3. The molecule has 0 spiro atoms. The predicted molar refractivity (Wildman–Crippen MR) is 158 cm³/mol. The van der Waals surface area contributed by atoms with E-state index in [0.29, 0.717) is 65.4 Å². The number of hydrogen-bond donors (Lipinski definition) is 3. The van der Waals surface area contributed by atoms with E-state index in [9.17, 15) is 19.1 Å². The molecule has 10 nitrogen and oxygen atoms in total. The average molecular weight is 576 g/mol. The van der Waals surface area contributed by atoms with Crippen molar-refractivity contribution in [1.29, 1.82) is 0 Å². The van der Waals surface area contributed by atoms with E-state index < -0.39 is 28.6 Å². The summed E-state index contributed by atoms with van der Waals surface area (Å²) in [7, 11) is 5.70. The van der Waals surface area contributed by atoms with Gasteiger partial charge in [0.1, 0.15) is 5.56 Å². The number of likely N-dealkylation sites (N-methyl/N-ethyl adjacent to an activating group) is 1. The number of aromatic nitrogens is 3. The summed E-state index contributed by atoms with van der Waals surface area (Å²) in [6, 6.07) is 3.02. The fraction of sp³-hybridized carbons (Fsp3) is 0.333. The number of halogens is 2. The minimum absolute atomic E-state index is 0.113. The normalized spacial score (nSPS) is 15.8. The molecule has 1 aliphatic carbocycles. The summed E-state index contributed by atoms with van der Waals surface area (Å²) >= 11 is 0. The molecule has 3 N–H and O–H groups in total. The second kappa shape index (κ2) is 10.4. The Balaban J connectivity index is 1.64. The topological polar surface area (TPSA) is 116 Å². The molecule has 1 aliphatic heterocycles. The number of nitrogens with zero attached hydrogens (tertiary/aromatic N) is 5. The van der Waals surface area contributed by atoms with E-state index in [1.54, 1.807) is 25.5 Å². The molecule has 0 saturated carbocycles. The number of hydrogen-bond acceptors (Lipinski definition) is 8. The molecule has 42 heavy (non-hydrogen) atoms. The van der Waals surface area contributed by atoms with E-state index in [4.69, 9.17) is 4.98 Å². The zero-order chi connectivity index (χ0) is 29.9. The number of aromatic carboxylic acids is 1. The number of anilines is 2. The van der Waals surface area contributed by atoms with Crippen LogP contribution in [-0.4, -0.2) is 77.4 Å². The minimum atomic E-state index is -1.35.